The van der Waals surface area contributed by atoms with Crippen LogP contribution in [-0.4, -0.2) is 11.1 Å². The Balaban J connectivity index is 2.26. The first-order chi connectivity index (χ1) is 8.15. The van der Waals surface area contributed by atoms with Gasteiger partial charge < -0.3 is 9.72 Å². The highest BCUT2D eigenvalue weighted by molar-refractivity contribution is 7.71. The van der Waals surface area contributed by atoms with Crippen LogP contribution in [0.15, 0.2) is 42.5 Å². The monoisotopic (exact) mass is 245 g/mol. The number of benzene rings is 1. The van der Waals surface area contributed by atoms with Gasteiger partial charge in [0.25, 0.3) is 0 Å². The molecule has 0 atom stereocenters. The van der Waals surface area contributed by atoms with Gasteiger partial charge in [-0.1, -0.05) is 18.3 Å². The van der Waals surface area contributed by atoms with Crippen molar-refractivity contribution in [3.05, 3.63) is 47.1 Å². The molecule has 0 bridgehead atoms. The summed E-state index contributed by atoms with van der Waals surface area (Å²) in [7, 11) is 0. The van der Waals surface area contributed by atoms with Crippen molar-refractivity contribution in [1.82, 2.24) is 4.98 Å². The Hall–Kier alpha value is -1.61. The van der Waals surface area contributed by atoms with E-state index in [9.17, 15) is 0 Å². The summed E-state index contributed by atoms with van der Waals surface area (Å²) >= 11 is 5.10. The van der Waals surface area contributed by atoms with E-state index >= 15 is 0 Å². The molecule has 1 N–H and O–H groups in total. The second-order valence-electron chi connectivity index (χ2n) is 4.12. The minimum Gasteiger partial charge on any atom is -0.491 e. The van der Waals surface area contributed by atoms with E-state index in [1.807, 2.05) is 56.3 Å². The summed E-state index contributed by atoms with van der Waals surface area (Å²) < 4.78 is 6.34. The molecule has 0 radical (unpaired) electrons. The fraction of sp³-hybridized carbons (Fsp3) is 0.214. The van der Waals surface area contributed by atoms with E-state index in [4.69, 9.17) is 17.0 Å². The molecule has 0 saturated carbocycles. The smallest absolute Gasteiger partial charge is 0.119 e. The fourth-order valence-electron chi connectivity index (χ4n) is 1.60. The van der Waals surface area contributed by atoms with Gasteiger partial charge in [-0.3, -0.25) is 0 Å². The Labute approximate surface area is 106 Å². The maximum absolute atomic E-state index is 5.60. The van der Waals surface area contributed by atoms with Crippen molar-refractivity contribution in [2.24, 2.45) is 0 Å². The van der Waals surface area contributed by atoms with Crippen LogP contribution in [0.2, 0.25) is 0 Å². The minimum atomic E-state index is 0.198. The molecule has 0 aliphatic carbocycles. The van der Waals surface area contributed by atoms with Crippen molar-refractivity contribution in [2.45, 2.75) is 20.0 Å². The van der Waals surface area contributed by atoms with Crippen LogP contribution in [0, 0.1) is 4.64 Å². The Bertz CT molecular complexity index is 543. The van der Waals surface area contributed by atoms with Crippen molar-refractivity contribution in [3.63, 3.8) is 0 Å². The Morgan fingerprint density at radius 1 is 1.06 bits per heavy atom. The molecule has 88 valence electrons. The third-order valence-corrected chi connectivity index (χ3v) is 2.54. The quantitative estimate of drug-likeness (QED) is 0.820. The van der Waals surface area contributed by atoms with E-state index in [1.165, 1.54) is 0 Å². The Morgan fingerprint density at radius 2 is 1.76 bits per heavy atom. The van der Waals surface area contributed by atoms with E-state index < -0.39 is 0 Å². The Morgan fingerprint density at radius 3 is 2.35 bits per heavy atom. The molecule has 2 aromatic rings. The lowest BCUT2D eigenvalue weighted by atomic mass is 10.1. The summed E-state index contributed by atoms with van der Waals surface area (Å²) in [6, 6.07) is 13.8. The predicted octanol–water partition coefficient (Wildman–Crippen LogP) is 4.20. The van der Waals surface area contributed by atoms with Crippen molar-refractivity contribution >= 4 is 12.2 Å². The minimum absolute atomic E-state index is 0.198. The predicted molar refractivity (Wildman–Crippen MR) is 72.8 cm³/mol. The summed E-state index contributed by atoms with van der Waals surface area (Å²) in [5.41, 5.74) is 2.13. The van der Waals surface area contributed by atoms with Crippen LogP contribution < -0.4 is 4.74 Å². The summed E-state index contributed by atoms with van der Waals surface area (Å²) in [6.45, 7) is 4.03. The van der Waals surface area contributed by atoms with Gasteiger partial charge in [-0.2, -0.15) is 0 Å². The highest BCUT2D eigenvalue weighted by atomic mass is 32.1. The number of rotatable bonds is 3. The summed E-state index contributed by atoms with van der Waals surface area (Å²) in [4.78, 5) is 3.16. The number of hydrogen-bond acceptors (Lipinski definition) is 2. The summed E-state index contributed by atoms with van der Waals surface area (Å²) in [5.74, 6) is 0.887. The molecule has 0 aliphatic rings. The van der Waals surface area contributed by atoms with Crippen molar-refractivity contribution < 1.29 is 4.74 Å². The maximum atomic E-state index is 5.60. The van der Waals surface area contributed by atoms with Gasteiger partial charge in [0.05, 0.1) is 6.10 Å². The molecule has 0 fully saturated rings. The number of H-pyrrole nitrogens is 1. The lowest BCUT2D eigenvalue weighted by Gasteiger charge is -2.10. The van der Waals surface area contributed by atoms with Gasteiger partial charge in [0, 0.05) is 5.69 Å². The van der Waals surface area contributed by atoms with Crippen LogP contribution in [0.5, 0.6) is 5.75 Å². The molecule has 1 aromatic heterocycles. The fourth-order valence-corrected chi connectivity index (χ4v) is 1.79. The number of pyridine rings is 1. The topological polar surface area (TPSA) is 25.0 Å². The first-order valence-electron chi connectivity index (χ1n) is 5.61. The molecule has 0 saturated heterocycles. The van der Waals surface area contributed by atoms with Crippen LogP contribution in [0.1, 0.15) is 13.8 Å². The molecular formula is C14H15NOS. The van der Waals surface area contributed by atoms with E-state index in [0.29, 0.717) is 0 Å². The molecule has 0 spiro atoms. The van der Waals surface area contributed by atoms with Crippen LogP contribution in [0.25, 0.3) is 11.3 Å². The van der Waals surface area contributed by atoms with Gasteiger partial charge in [0.15, 0.2) is 0 Å². The zero-order valence-corrected chi connectivity index (χ0v) is 10.8. The van der Waals surface area contributed by atoms with E-state index in [0.717, 1.165) is 21.6 Å². The number of hydrogen-bond donors (Lipinski definition) is 1. The molecule has 0 amide bonds. The maximum Gasteiger partial charge on any atom is 0.119 e. The number of nitrogens with one attached hydrogen (secondary N) is 1. The standard InChI is InChI=1S/C14H15NOS/c1-10(2)16-12-8-6-11(7-9-12)13-4-3-5-14(17)15-13/h3-10H,1-2H3,(H,15,17). The first kappa shape index (κ1) is 11.9. The SMILES string of the molecule is CC(C)Oc1ccc(-c2cccc(=S)[nH]2)cc1. The highest BCUT2D eigenvalue weighted by Gasteiger charge is 2.00. The summed E-state index contributed by atoms with van der Waals surface area (Å²) in [5, 5.41) is 0. The number of aromatic nitrogens is 1. The second-order valence-corrected chi connectivity index (χ2v) is 4.56. The van der Waals surface area contributed by atoms with Gasteiger partial charge in [0.1, 0.15) is 10.4 Å². The van der Waals surface area contributed by atoms with Crippen LogP contribution in [-0.2, 0) is 0 Å². The first-order valence-corrected chi connectivity index (χ1v) is 6.02. The summed E-state index contributed by atoms with van der Waals surface area (Å²) in [6.07, 6.45) is 0.198. The molecule has 17 heavy (non-hydrogen) atoms. The van der Waals surface area contributed by atoms with E-state index in [-0.39, 0.29) is 6.10 Å². The van der Waals surface area contributed by atoms with Crippen molar-refractivity contribution in [2.75, 3.05) is 0 Å². The molecule has 3 heteroatoms. The van der Waals surface area contributed by atoms with Gasteiger partial charge >= 0.3 is 0 Å². The zero-order chi connectivity index (χ0) is 12.3. The molecule has 1 aromatic carbocycles. The lowest BCUT2D eigenvalue weighted by Crippen LogP contribution is -2.05. The van der Waals surface area contributed by atoms with Gasteiger partial charge in [-0.25, -0.2) is 0 Å². The van der Waals surface area contributed by atoms with Gasteiger partial charge in [0.2, 0.25) is 0 Å². The lowest BCUT2D eigenvalue weighted by molar-refractivity contribution is 0.242. The molecule has 0 aliphatic heterocycles. The average Bonchev–Trinajstić information content (AvgIpc) is 2.29. The molecule has 2 nitrogen and oxygen atoms in total. The van der Waals surface area contributed by atoms with Crippen molar-refractivity contribution in [1.29, 1.82) is 0 Å². The van der Waals surface area contributed by atoms with Gasteiger partial charge in [-0.05, 0) is 55.8 Å². The third kappa shape index (κ3) is 3.17. The van der Waals surface area contributed by atoms with E-state index in [2.05, 4.69) is 4.98 Å². The van der Waals surface area contributed by atoms with Crippen molar-refractivity contribution in [3.8, 4) is 17.0 Å². The Kier molecular flexibility index (Phi) is 3.59. The van der Waals surface area contributed by atoms with E-state index in [1.54, 1.807) is 0 Å². The van der Waals surface area contributed by atoms with Crippen LogP contribution in [0.4, 0.5) is 0 Å². The van der Waals surface area contributed by atoms with Crippen LogP contribution >= 0.6 is 12.2 Å². The normalized spacial score (nSPS) is 10.5. The zero-order valence-electron chi connectivity index (χ0n) is 9.94. The average molecular weight is 245 g/mol. The number of ether oxygens (including phenoxy) is 1. The molecular weight excluding hydrogens is 230 g/mol. The molecule has 0 unspecified atom stereocenters. The molecule has 2 rings (SSSR count). The van der Waals surface area contributed by atoms with Crippen LogP contribution in [0.3, 0.4) is 0 Å². The highest BCUT2D eigenvalue weighted by Crippen LogP contribution is 2.21. The number of aromatic amines is 1. The largest absolute Gasteiger partial charge is 0.491 e. The molecule has 1 heterocycles. The third-order valence-electron chi connectivity index (χ3n) is 2.31. The van der Waals surface area contributed by atoms with Gasteiger partial charge in [-0.15, -0.1) is 0 Å². The second kappa shape index (κ2) is 5.15.